The largest absolute Gasteiger partial charge is 0.321 e. The van der Waals surface area contributed by atoms with Gasteiger partial charge in [-0.25, -0.2) is 8.42 Å². The van der Waals surface area contributed by atoms with Crippen molar-refractivity contribution in [2.24, 2.45) is 0 Å². The van der Waals surface area contributed by atoms with Crippen molar-refractivity contribution in [3.05, 3.63) is 114 Å². The fraction of sp³-hybridized carbons (Fsp3) is 0. The van der Waals surface area contributed by atoms with Gasteiger partial charge in [0.1, 0.15) is 0 Å². The Morgan fingerprint density at radius 3 is 2.09 bits per heavy atom. The molecule has 0 aliphatic rings. The molecule has 2 N–H and O–H groups in total. The lowest BCUT2D eigenvalue weighted by atomic mass is 10.2. The molecule has 0 heterocycles. The Labute approximate surface area is 201 Å². The van der Waals surface area contributed by atoms with Gasteiger partial charge in [-0.2, -0.15) is 0 Å². The van der Waals surface area contributed by atoms with E-state index in [1.165, 1.54) is 30.3 Å². The van der Waals surface area contributed by atoms with Crippen LogP contribution in [-0.2, 0) is 10.0 Å². The van der Waals surface area contributed by atoms with E-state index in [1.807, 2.05) is 54.6 Å². The third-order valence-corrected chi connectivity index (χ3v) is 7.41. The summed E-state index contributed by atoms with van der Waals surface area (Å²) in [6.07, 6.45) is 0. The molecule has 0 aromatic heterocycles. The smallest absolute Gasteiger partial charge is 0.261 e. The van der Waals surface area contributed by atoms with E-state index in [4.69, 9.17) is 11.6 Å². The zero-order valence-corrected chi connectivity index (χ0v) is 19.6. The van der Waals surface area contributed by atoms with Crippen LogP contribution >= 0.6 is 23.4 Å². The summed E-state index contributed by atoms with van der Waals surface area (Å²) in [5, 5.41) is 3.03. The number of halogens is 1. The first-order valence-electron chi connectivity index (χ1n) is 9.93. The first-order valence-corrected chi connectivity index (χ1v) is 12.6. The summed E-state index contributed by atoms with van der Waals surface area (Å²) in [5.74, 6) is -0.351. The molecule has 0 saturated carbocycles. The summed E-state index contributed by atoms with van der Waals surface area (Å²) in [5.41, 5.74) is 1.17. The average molecular weight is 495 g/mol. The Morgan fingerprint density at radius 2 is 1.39 bits per heavy atom. The van der Waals surface area contributed by atoms with Crippen molar-refractivity contribution in [1.29, 1.82) is 0 Å². The van der Waals surface area contributed by atoms with Crippen LogP contribution in [0.2, 0.25) is 5.02 Å². The van der Waals surface area contributed by atoms with Crippen LogP contribution < -0.4 is 10.0 Å². The first kappa shape index (κ1) is 22.9. The first-order chi connectivity index (χ1) is 15.9. The molecule has 0 spiro atoms. The van der Waals surface area contributed by atoms with E-state index < -0.39 is 10.0 Å². The molecule has 0 fully saturated rings. The number of benzene rings is 4. The van der Waals surface area contributed by atoms with Crippen molar-refractivity contribution in [3.8, 4) is 0 Å². The summed E-state index contributed by atoms with van der Waals surface area (Å²) in [6.45, 7) is 0. The molecule has 0 bridgehead atoms. The number of anilines is 2. The Hall–Kier alpha value is -3.26. The van der Waals surface area contributed by atoms with Gasteiger partial charge in [-0.05, 0) is 54.6 Å². The Balaban J connectivity index is 1.51. The normalized spacial score (nSPS) is 11.1. The quantitative estimate of drug-likeness (QED) is 0.305. The van der Waals surface area contributed by atoms with Crippen LogP contribution in [0.1, 0.15) is 10.4 Å². The molecule has 5 nitrogen and oxygen atoms in total. The van der Waals surface area contributed by atoms with E-state index in [-0.39, 0.29) is 21.5 Å². The third kappa shape index (κ3) is 5.76. The van der Waals surface area contributed by atoms with Gasteiger partial charge in [-0.1, -0.05) is 71.9 Å². The number of rotatable bonds is 7. The van der Waals surface area contributed by atoms with Crippen LogP contribution in [0.15, 0.2) is 118 Å². The van der Waals surface area contributed by atoms with Gasteiger partial charge in [0.2, 0.25) is 0 Å². The molecular formula is C25H19ClN2O3S2. The molecule has 0 unspecified atom stereocenters. The molecule has 0 atom stereocenters. The van der Waals surface area contributed by atoms with Gasteiger partial charge >= 0.3 is 0 Å². The minimum absolute atomic E-state index is 0.120. The fourth-order valence-corrected chi connectivity index (χ4v) is 5.32. The Bertz CT molecular complexity index is 1380. The predicted octanol–water partition coefficient (Wildman–Crippen LogP) is 6.54. The van der Waals surface area contributed by atoms with Crippen molar-refractivity contribution in [2.45, 2.75) is 14.7 Å². The Morgan fingerprint density at radius 1 is 0.758 bits per heavy atom. The molecule has 0 aliphatic heterocycles. The number of nitrogens with one attached hydrogen (secondary N) is 2. The molecule has 0 radical (unpaired) electrons. The van der Waals surface area contributed by atoms with Crippen LogP contribution in [0.5, 0.6) is 0 Å². The van der Waals surface area contributed by atoms with Gasteiger partial charge < -0.3 is 5.32 Å². The van der Waals surface area contributed by atoms with Gasteiger partial charge in [0, 0.05) is 15.4 Å². The number of para-hydroxylation sites is 1. The van der Waals surface area contributed by atoms with Gasteiger partial charge in [-0.15, -0.1) is 0 Å². The second-order valence-electron chi connectivity index (χ2n) is 6.98. The lowest BCUT2D eigenvalue weighted by Crippen LogP contribution is -2.15. The number of hydrogen-bond acceptors (Lipinski definition) is 4. The second kappa shape index (κ2) is 10.1. The standard InChI is InChI=1S/C25H19ClN2O3S2/c26-21-17-18(15-16-22(21)28-33(30,31)20-11-5-2-6-12-20)25(29)27-23-13-7-8-14-24(23)32-19-9-3-1-4-10-19/h1-17,28H,(H,27,29). The molecule has 0 saturated heterocycles. The zero-order valence-electron chi connectivity index (χ0n) is 17.2. The molecule has 8 heteroatoms. The van der Waals surface area contributed by atoms with Gasteiger partial charge in [-0.3, -0.25) is 9.52 Å². The predicted molar refractivity (Wildman–Crippen MR) is 134 cm³/mol. The highest BCUT2D eigenvalue weighted by atomic mass is 35.5. The van der Waals surface area contributed by atoms with Crippen molar-refractivity contribution in [2.75, 3.05) is 10.0 Å². The molecule has 166 valence electrons. The maximum Gasteiger partial charge on any atom is 0.261 e. The second-order valence-corrected chi connectivity index (χ2v) is 10.2. The molecule has 4 aromatic carbocycles. The number of amides is 1. The SMILES string of the molecule is O=C(Nc1ccccc1Sc1ccccc1)c1ccc(NS(=O)(=O)c2ccccc2)c(Cl)c1. The summed E-state index contributed by atoms with van der Waals surface area (Å²) < 4.78 is 27.6. The van der Waals surface area contributed by atoms with Gasteiger partial charge in [0.25, 0.3) is 15.9 Å². The van der Waals surface area contributed by atoms with Gasteiger partial charge in [0.05, 0.1) is 21.3 Å². The maximum atomic E-state index is 12.9. The highest BCUT2D eigenvalue weighted by Gasteiger charge is 2.17. The molecule has 33 heavy (non-hydrogen) atoms. The maximum absolute atomic E-state index is 12.9. The van der Waals surface area contributed by atoms with E-state index in [9.17, 15) is 13.2 Å². The lowest BCUT2D eigenvalue weighted by Gasteiger charge is -2.13. The summed E-state index contributed by atoms with van der Waals surface area (Å²) in [6, 6.07) is 29.8. The van der Waals surface area contributed by atoms with E-state index in [2.05, 4.69) is 10.0 Å². The summed E-state index contributed by atoms with van der Waals surface area (Å²) in [4.78, 5) is 14.9. The van der Waals surface area contributed by atoms with E-state index in [0.29, 0.717) is 11.3 Å². The van der Waals surface area contributed by atoms with E-state index in [0.717, 1.165) is 9.79 Å². The fourth-order valence-electron chi connectivity index (χ4n) is 3.01. The van der Waals surface area contributed by atoms with Gasteiger partial charge in [0.15, 0.2) is 0 Å². The monoisotopic (exact) mass is 494 g/mol. The van der Waals surface area contributed by atoms with Crippen LogP contribution in [0.3, 0.4) is 0 Å². The third-order valence-electron chi connectivity index (χ3n) is 4.64. The number of carbonyl (C=O) groups is 1. The Kier molecular flexibility index (Phi) is 7.03. The molecule has 1 amide bonds. The van der Waals surface area contributed by atoms with Crippen LogP contribution in [0.25, 0.3) is 0 Å². The van der Waals surface area contributed by atoms with E-state index in [1.54, 1.807) is 30.0 Å². The molecular weight excluding hydrogens is 476 g/mol. The topological polar surface area (TPSA) is 75.3 Å². The van der Waals surface area contributed by atoms with Crippen molar-refractivity contribution in [1.82, 2.24) is 0 Å². The average Bonchev–Trinajstić information content (AvgIpc) is 2.83. The van der Waals surface area contributed by atoms with Crippen molar-refractivity contribution >= 4 is 50.7 Å². The highest BCUT2D eigenvalue weighted by Crippen LogP contribution is 2.33. The molecule has 4 rings (SSSR count). The van der Waals surface area contributed by atoms with Crippen molar-refractivity contribution < 1.29 is 13.2 Å². The number of hydrogen-bond donors (Lipinski definition) is 2. The summed E-state index contributed by atoms with van der Waals surface area (Å²) in [7, 11) is -3.79. The van der Waals surface area contributed by atoms with Crippen molar-refractivity contribution in [3.63, 3.8) is 0 Å². The number of sulfonamides is 1. The molecule has 4 aromatic rings. The van der Waals surface area contributed by atoms with Crippen LogP contribution in [-0.4, -0.2) is 14.3 Å². The van der Waals surface area contributed by atoms with Crippen LogP contribution in [0.4, 0.5) is 11.4 Å². The van der Waals surface area contributed by atoms with Crippen LogP contribution in [0, 0.1) is 0 Å². The highest BCUT2D eigenvalue weighted by molar-refractivity contribution is 7.99. The minimum Gasteiger partial charge on any atom is -0.321 e. The van der Waals surface area contributed by atoms with E-state index >= 15 is 0 Å². The lowest BCUT2D eigenvalue weighted by molar-refractivity contribution is 0.102. The molecule has 0 aliphatic carbocycles. The number of carbonyl (C=O) groups excluding carboxylic acids is 1. The minimum atomic E-state index is -3.79. The summed E-state index contributed by atoms with van der Waals surface area (Å²) >= 11 is 7.84. The zero-order chi connectivity index (χ0) is 23.3.